The summed E-state index contributed by atoms with van der Waals surface area (Å²) in [6, 6.07) is 27.0. The van der Waals surface area contributed by atoms with Crippen LogP contribution in [0.25, 0.3) is 44.9 Å². The number of nitrogens with one attached hydrogen (secondary N) is 1. The predicted octanol–water partition coefficient (Wildman–Crippen LogP) is 4.56. The molecule has 1 amide bonds. The molecular weight excluding hydrogens is 628 g/mol. The molecule has 2 aromatic carbocycles. The largest absolute Gasteiger partial charge is 0.387 e. The molecule has 0 saturated carbocycles. The van der Waals surface area contributed by atoms with Gasteiger partial charge >= 0.3 is 0 Å². The lowest BCUT2D eigenvalue weighted by molar-refractivity contribution is -0.134. The SMILES string of the molecule is O=C(CO)N1CCN(c2ncc3cc(-c4ccccc4)c(-c4ccc(CN5CCC(c6nnc(-c7ccccn7)[nH]6)CC5)cc4)nc3n2)CC1. The maximum absolute atomic E-state index is 11.9. The van der Waals surface area contributed by atoms with Crippen molar-refractivity contribution in [2.45, 2.75) is 25.3 Å². The molecule has 252 valence electrons. The highest BCUT2D eigenvalue weighted by molar-refractivity contribution is 5.90. The molecule has 6 heterocycles. The van der Waals surface area contributed by atoms with E-state index in [1.54, 1.807) is 11.1 Å². The summed E-state index contributed by atoms with van der Waals surface area (Å²) < 4.78 is 0. The number of carbonyl (C=O) groups excluding carboxylic acids is 1. The van der Waals surface area contributed by atoms with E-state index >= 15 is 0 Å². The third-order valence-electron chi connectivity index (χ3n) is 9.71. The quantitative estimate of drug-likeness (QED) is 0.238. The number of rotatable bonds is 8. The number of nitrogens with zero attached hydrogens (tertiary/aromatic N) is 9. The van der Waals surface area contributed by atoms with E-state index in [0.29, 0.717) is 43.7 Å². The van der Waals surface area contributed by atoms with Crippen molar-refractivity contribution in [1.82, 2.24) is 44.9 Å². The van der Waals surface area contributed by atoms with Gasteiger partial charge in [-0.15, -0.1) is 10.2 Å². The van der Waals surface area contributed by atoms with Gasteiger partial charge in [0.1, 0.15) is 18.1 Å². The fourth-order valence-electron chi connectivity index (χ4n) is 6.89. The molecule has 6 aromatic rings. The van der Waals surface area contributed by atoms with E-state index in [1.165, 1.54) is 5.56 Å². The van der Waals surface area contributed by atoms with Gasteiger partial charge in [-0.1, -0.05) is 60.7 Å². The summed E-state index contributed by atoms with van der Waals surface area (Å²) in [6.45, 7) is 4.62. The van der Waals surface area contributed by atoms with Crippen LogP contribution in [0.1, 0.15) is 30.1 Å². The van der Waals surface area contributed by atoms with E-state index in [1.807, 2.05) is 42.6 Å². The Balaban J connectivity index is 0.980. The number of aliphatic hydroxyl groups is 1. The molecule has 0 radical (unpaired) electrons. The Morgan fingerprint density at radius 2 is 1.60 bits per heavy atom. The molecule has 2 fully saturated rings. The second-order valence-corrected chi connectivity index (χ2v) is 12.9. The predicted molar refractivity (Wildman–Crippen MR) is 191 cm³/mol. The highest BCUT2D eigenvalue weighted by atomic mass is 16.3. The molecule has 8 rings (SSSR count). The number of piperazine rings is 1. The van der Waals surface area contributed by atoms with Gasteiger partial charge in [0.2, 0.25) is 11.9 Å². The topological polar surface area (TPSA) is 140 Å². The van der Waals surface area contributed by atoms with Crippen LogP contribution in [-0.4, -0.2) is 102 Å². The number of H-pyrrole nitrogens is 1. The van der Waals surface area contributed by atoms with Crippen LogP contribution in [0.2, 0.25) is 0 Å². The second kappa shape index (κ2) is 14.1. The minimum Gasteiger partial charge on any atom is -0.387 e. The number of anilines is 1. The number of likely N-dealkylation sites (tertiary alicyclic amines) is 1. The number of hydrogen-bond donors (Lipinski definition) is 2. The number of aromatic nitrogens is 7. The van der Waals surface area contributed by atoms with Gasteiger partial charge in [0, 0.05) is 67.5 Å². The van der Waals surface area contributed by atoms with Gasteiger partial charge in [0.25, 0.3) is 0 Å². The van der Waals surface area contributed by atoms with Crippen molar-refractivity contribution < 1.29 is 9.90 Å². The van der Waals surface area contributed by atoms with Crippen LogP contribution in [0.5, 0.6) is 0 Å². The van der Waals surface area contributed by atoms with Gasteiger partial charge in [-0.2, -0.15) is 4.98 Å². The number of aromatic amines is 1. The molecule has 0 spiro atoms. The lowest BCUT2D eigenvalue weighted by atomic mass is 9.95. The third-order valence-corrected chi connectivity index (χ3v) is 9.71. The van der Waals surface area contributed by atoms with Crippen molar-refractivity contribution in [3.63, 3.8) is 0 Å². The average Bonchev–Trinajstić information content (AvgIpc) is 3.69. The summed E-state index contributed by atoms with van der Waals surface area (Å²) >= 11 is 0. The average molecular weight is 667 g/mol. The maximum atomic E-state index is 11.9. The Kier molecular flexibility index (Phi) is 8.93. The Hall–Kier alpha value is -5.59. The van der Waals surface area contributed by atoms with Gasteiger partial charge < -0.3 is 19.9 Å². The van der Waals surface area contributed by atoms with E-state index < -0.39 is 6.61 Å². The zero-order valence-corrected chi connectivity index (χ0v) is 27.7. The number of aliphatic hydroxyl groups excluding tert-OH is 1. The molecule has 0 bridgehead atoms. The van der Waals surface area contributed by atoms with Crippen LogP contribution in [0.4, 0.5) is 5.95 Å². The summed E-state index contributed by atoms with van der Waals surface area (Å²) in [4.78, 5) is 40.6. The second-order valence-electron chi connectivity index (χ2n) is 12.9. The first-order chi connectivity index (χ1) is 24.6. The lowest BCUT2D eigenvalue weighted by Crippen LogP contribution is -2.50. The van der Waals surface area contributed by atoms with E-state index in [9.17, 15) is 9.90 Å². The molecule has 0 atom stereocenters. The Morgan fingerprint density at radius 1 is 0.820 bits per heavy atom. The molecular formula is C38H38N10O2. The number of carbonyl (C=O) groups is 1. The number of piperidine rings is 1. The molecule has 2 aliphatic heterocycles. The first-order valence-corrected chi connectivity index (χ1v) is 17.1. The highest BCUT2D eigenvalue weighted by Crippen LogP contribution is 2.34. The van der Waals surface area contributed by atoms with E-state index in [4.69, 9.17) is 9.97 Å². The Bertz CT molecular complexity index is 2070. The smallest absolute Gasteiger partial charge is 0.248 e. The minimum atomic E-state index is -0.470. The zero-order chi connectivity index (χ0) is 33.9. The van der Waals surface area contributed by atoms with Crippen molar-refractivity contribution in [3.05, 3.63) is 103 Å². The molecule has 0 aliphatic carbocycles. The fourth-order valence-corrected chi connectivity index (χ4v) is 6.89. The number of pyridine rings is 2. The Morgan fingerprint density at radius 3 is 2.34 bits per heavy atom. The normalized spacial score (nSPS) is 15.9. The van der Waals surface area contributed by atoms with Crippen LogP contribution >= 0.6 is 0 Å². The molecule has 12 nitrogen and oxygen atoms in total. The van der Waals surface area contributed by atoms with Gasteiger partial charge in [0.15, 0.2) is 11.5 Å². The standard InChI is InChI=1S/C38H38N10O2/c49-25-33(50)47-18-20-48(21-19-47)38-40-23-30-22-31(27-6-2-1-3-7-27)34(41-35(30)43-38)28-11-9-26(10-12-28)24-46-16-13-29(14-17-46)36-42-37(45-44-36)32-8-4-5-15-39-32/h1-12,15,22-23,29,49H,13-14,16-21,24-25H2,(H,42,44,45). The van der Waals surface area contributed by atoms with Crippen molar-refractivity contribution in [2.24, 2.45) is 0 Å². The first kappa shape index (κ1) is 31.7. The van der Waals surface area contributed by atoms with Crippen LogP contribution in [0, 0.1) is 0 Å². The molecule has 2 aliphatic rings. The number of fused-ring (bicyclic) bond motifs is 1. The van der Waals surface area contributed by atoms with Crippen LogP contribution in [0.15, 0.2) is 91.3 Å². The summed E-state index contributed by atoms with van der Waals surface area (Å²) in [7, 11) is 0. The monoisotopic (exact) mass is 666 g/mol. The first-order valence-electron chi connectivity index (χ1n) is 17.1. The molecule has 0 unspecified atom stereocenters. The van der Waals surface area contributed by atoms with Crippen molar-refractivity contribution in [1.29, 1.82) is 0 Å². The number of amides is 1. The van der Waals surface area contributed by atoms with Crippen molar-refractivity contribution in [2.75, 3.05) is 50.8 Å². The fraction of sp³-hybridized carbons (Fsp3) is 0.289. The molecule has 2 N–H and O–H groups in total. The Labute approximate surface area is 289 Å². The van der Waals surface area contributed by atoms with E-state index in [0.717, 1.165) is 77.6 Å². The highest BCUT2D eigenvalue weighted by Gasteiger charge is 2.25. The van der Waals surface area contributed by atoms with Gasteiger partial charge in [-0.25, -0.2) is 9.97 Å². The lowest BCUT2D eigenvalue weighted by Gasteiger charge is -2.34. The van der Waals surface area contributed by atoms with E-state index in [-0.39, 0.29) is 5.91 Å². The van der Waals surface area contributed by atoms with Crippen molar-refractivity contribution >= 4 is 22.9 Å². The maximum Gasteiger partial charge on any atom is 0.248 e. The van der Waals surface area contributed by atoms with Crippen LogP contribution < -0.4 is 4.90 Å². The summed E-state index contributed by atoms with van der Waals surface area (Å²) in [5.74, 6) is 2.37. The summed E-state index contributed by atoms with van der Waals surface area (Å²) in [5.41, 5.74) is 6.70. The van der Waals surface area contributed by atoms with Gasteiger partial charge in [-0.3, -0.25) is 14.7 Å². The third kappa shape index (κ3) is 6.67. The number of hydrogen-bond acceptors (Lipinski definition) is 10. The summed E-state index contributed by atoms with van der Waals surface area (Å²) in [6.07, 6.45) is 5.65. The van der Waals surface area contributed by atoms with E-state index in [2.05, 4.69) is 77.4 Å². The molecule has 4 aromatic heterocycles. The summed E-state index contributed by atoms with van der Waals surface area (Å²) in [5, 5.41) is 18.9. The van der Waals surface area contributed by atoms with Crippen molar-refractivity contribution in [3.8, 4) is 33.9 Å². The minimum absolute atomic E-state index is 0.252. The number of benzene rings is 2. The van der Waals surface area contributed by atoms with Gasteiger partial charge in [-0.05, 0) is 55.3 Å². The van der Waals surface area contributed by atoms with Crippen LogP contribution in [-0.2, 0) is 11.3 Å². The zero-order valence-electron chi connectivity index (χ0n) is 27.7. The molecule has 2 saturated heterocycles. The van der Waals surface area contributed by atoms with Crippen LogP contribution in [0.3, 0.4) is 0 Å². The van der Waals surface area contributed by atoms with Gasteiger partial charge in [0.05, 0.1) is 5.69 Å². The molecule has 12 heteroatoms. The molecule has 50 heavy (non-hydrogen) atoms.